The van der Waals surface area contributed by atoms with Gasteiger partial charge >= 0.3 is 0 Å². The van der Waals surface area contributed by atoms with Gasteiger partial charge in [0.1, 0.15) is 0 Å². The van der Waals surface area contributed by atoms with E-state index in [0.29, 0.717) is 0 Å². The molecule has 0 saturated heterocycles. The van der Waals surface area contributed by atoms with Crippen LogP contribution in [0.2, 0.25) is 0 Å². The van der Waals surface area contributed by atoms with Gasteiger partial charge in [0.25, 0.3) is 0 Å². The Labute approximate surface area is 86.3 Å². The molecule has 68 valence electrons. The number of hydrogen-bond acceptors (Lipinski definition) is 2. The summed E-state index contributed by atoms with van der Waals surface area (Å²) in [5.74, 6) is 0. The Morgan fingerprint density at radius 1 is 1.42 bits per heavy atom. The summed E-state index contributed by atoms with van der Waals surface area (Å²) in [5.41, 5.74) is 6.55. The van der Waals surface area contributed by atoms with Gasteiger partial charge in [0.15, 0.2) is 0 Å². The highest BCUT2D eigenvalue weighted by atomic mass is 79.9. The van der Waals surface area contributed by atoms with Crippen LogP contribution in [-0.4, -0.2) is 11.7 Å². The van der Waals surface area contributed by atoms with Gasteiger partial charge in [0, 0.05) is 4.47 Å². The fourth-order valence-corrected chi connectivity index (χ4v) is 1.45. The molecule has 0 aliphatic heterocycles. The molecule has 1 unspecified atom stereocenters. The Hall–Kier alpha value is -0.0900. The lowest BCUT2D eigenvalue weighted by Crippen LogP contribution is -2.14. The summed E-state index contributed by atoms with van der Waals surface area (Å²) in [7, 11) is 0. The number of halogens is 2. The average molecular weight is 253 g/mol. The molecule has 0 fully saturated rings. The van der Waals surface area contributed by atoms with Crippen molar-refractivity contribution in [3.8, 4) is 0 Å². The normalized spacial score (nSPS) is 11.9. The topological polar surface area (TPSA) is 46.2 Å². The minimum Gasteiger partial charge on any atom is -0.394 e. The van der Waals surface area contributed by atoms with Gasteiger partial charge in [0.2, 0.25) is 0 Å². The van der Waals surface area contributed by atoms with Crippen LogP contribution in [0.3, 0.4) is 0 Å². The zero-order chi connectivity index (χ0) is 8.27. The van der Waals surface area contributed by atoms with Crippen LogP contribution in [0.4, 0.5) is 0 Å². The average Bonchev–Trinajstić information content (AvgIpc) is 2.04. The lowest BCUT2D eigenvalue weighted by Gasteiger charge is -2.09. The lowest BCUT2D eigenvalue weighted by atomic mass is 10.1. The molecule has 0 amide bonds. The van der Waals surface area contributed by atoms with Crippen LogP contribution in [0.5, 0.6) is 0 Å². The predicted molar refractivity (Wildman–Crippen MR) is 55.4 cm³/mol. The largest absolute Gasteiger partial charge is 0.394 e. The summed E-state index contributed by atoms with van der Waals surface area (Å²) in [6.45, 7) is -0.0252. The second-order valence-electron chi connectivity index (χ2n) is 2.31. The summed E-state index contributed by atoms with van der Waals surface area (Å²) in [5, 5.41) is 8.77. The fraction of sp³-hybridized carbons (Fsp3) is 0.250. The van der Waals surface area contributed by atoms with E-state index in [-0.39, 0.29) is 25.1 Å². The molecule has 0 saturated carbocycles. The SMILES string of the molecule is Cl.NC(CO)c1ccccc1Br. The number of aliphatic hydroxyl groups is 1. The van der Waals surface area contributed by atoms with E-state index in [9.17, 15) is 0 Å². The first-order valence-electron chi connectivity index (χ1n) is 3.36. The molecule has 0 aliphatic carbocycles. The van der Waals surface area contributed by atoms with E-state index in [1.165, 1.54) is 0 Å². The van der Waals surface area contributed by atoms with Crippen molar-refractivity contribution in [1.82, 2.24) is 0 Å². The molecule has 0 spiro atoms. The Kier molecular flexibility index (Phi) is 5.50. The van der Waals surface area contributed by atoms with E-state index < -0.39 is 0 Å². The number of benzene rings is 1. The maximum absolute atomic E-state index is 8.77. The van der Waals surface area contributed by atoms with Gasteiger partial charge in [-0.2, -0.15) is 0 Å². The molecular formula is C8H11BrClNO. The third-order valence-corrected chi connectivity index (χ3v) is 2.22. The van der Waals surface area contributed by atoms with Crippen LogP contribution in [0.25, 0.3) is 0 Å². The van der Waals surface area contributed by atoms with Crippen molar-refractivity contribution in [2.45, 2.75) is 6.04 Å². The summed E-state index contributed by atoms with van der Waals surface area (Å²) >= 11 is 3.35. The second-order valence-corrected chi connectivity index (χ2v) is 3.16. The quantitative estimate of drug-likeness (QED) is 0.844. The first-order chi connectivity index (χ1) is 5.25. The van der Waals surface area contributed by atoms with Crippen molar-refractivity contribution in [2.24, 2.45) is 5.73 Å². The molecular weight excluding hydrogens is 241 g/mol. The maximum Gasteiger partial charge on any atom is 0.0624 e. The van der Waals surface area contributed by atoms with Crippen LogP contribution in [0.15, 0.2) is 28.7 Å². The Morgan fingerprint density at radius 2 is 2.00 bits per heavy atom. The summed E-state index contributed by atoms with van der Waals surface area (Å²) < 4.78 is 0.946. The second kappa shape index (κ2) is 5.54. The van der Waals surface area contributed by atoms with E-state index in [1.54, 1.807) is 0 Å². The van der Waals surface area contributed by atoms with E-state index in [0.717, 1.165) is 10.0 Å². The van der Waals surface area contributed by atoms with Crippen LogP contribution in [-0.2, 0) is 0 Å². The van der Waals surface area contributed by atoms with Crippen LogP contribution in [0, 0.1) is 0 Å². The van der Waals surface area contributed by atoms with Gasteiger partial charge in [-0.1, -0.05) is 34.1 Å². The van der Waals surface area contributed by atoms with Gasteiger partial charge in [0.05, 0.1) is 12.6 Å². The van der Waals surface area contributed by atoms with Crippen molar-refractivity contribution in [3.05, 3.63) is 34.3 Å². The van der Waals surface area contributed by atoms with Gasteiger partial charge in [-0.25, -0.2) is 0 Å². The minimum atomic E-state index is -0.287. The Bertz CT molecular complexity index is 244. The standard InChI is InChI=1S/C8H10BrNO.ClH/c9-7-4-2-1-3-6(7)8(10)5-11;/h1-4,8,11H,5,10H2;1H. The van der Waals surface area contributed by atoms with Crippen molar-refractivity contribution in [2.75, 3.05) is 6.61 Å². The molecule has 2 nitrogen and oxygen atoms in total. The predicted octanol–water partition coefficient (Wildman–Crippen LogP) is 1.86. The number of nitrogens with two attached hydrogens (primary N) is 1. The molecule has 1 aromatic carbocycles. The third kappa shape index (κ3) is 2.75. The van der Waals surface area contributed by atoms with E-state index >= 15 is 0 Å². The number of aliphatic hydroxyl groups excluding tert-OH is 1. The zero-order valence-electron chi connectivity index (χ0n) is 6.40. The molecule has 0 aromatic heterocycles. The molecule has 0 bridgehead atoms. The maximum atomic E-state index is 8.77. The molecule has 3 N–H and O–H groups in total. The fourth-order valence-electron chi connectivity index (χ4n) is 0.874. The van der Waals surface area contributed by atoms with E-state index in [1.807, 2.05) is 24.3 Å². The molecule has 1 atom stereocenters. The van der Waals surface area contributed by atoms with E-state index in [2.05, 4.69) is 15.9 Å². The molecule has 1 aromatic rings. The molecule has 0 heterocycles. The summed E-state index contributed by atoms with van der Waals surface area (Å²) in [6.07, 6.45) is 0. The Balaban J connectivity index is 0.00000121. The van der Waals surface area contributed by atoms with Gasteiger partial charge in [-0.3, -0.25) is 0 Å². The third-order valence-electron chi connectivity index (χ3n) is 1.50. The number of hydrogen-bond donors (Lipinski definition) is 2. The smallest absolute Gasteiger partial charge is 0.0624 e. The monoisotopic (exact) mass is 251 g/mol. The highest BCUT2D eigenvalue weighted by Gasteiger charge is 2.06. The van der Waals surface area contributed by atoms with Gasteiger partial charge in [-0.15, -0.1) is 12.4 Å². The van der Waals surface area contributed by atoms with Crippen molar-refractivity contribution < 1.29 is 5.11 Å². The van der Waals surface area contributed by atoms with Crippen LogP contribution >= 0.6 is 28.3 Å². The summed E-state index contributed by atoms with van der Waals surface area (Å²) in [4.78, 5) is 0. The minimum absolute atomic E-state index is 0. The molecule has 1 rings (SSSR count). The van der Waals surface area contributed by atoms with E-state index in [4.69, 9.17) is 10.8 Å². The van der Waals surface area contributed by atoms with Gasteiger partial charge < -0.3 is 10.8 Å². The van der Waals surface area contributed by atoms with Gasteiger partial charge in [-0.05, 0) is 11.6 Å². The summed E-state index contributed by atoms with van der Waals surface area (Å²) in [6, 6.07) is 7.33. The van der Waals surface area contributed by atoms with Crippen LogP contribution in [0.1, 0.15) is 11.6 Å². The molecule has 4 heteroatoms. The van der Waals surface area contributed by atoms with Crippen molar-refractivity contribution >= 4 is 28.3 Å². The number of rotatable bonds is 2. The highest BCUT2D eigenvalue weighted by molar-refractivity contribution is 9.10. The first-order valence-corrected chi connectivity index (χ1v) is 4.16. The molecule has 0 aliphatic rings. The first kappa shape index (κ1) is 11.9. The van der Waals surface area contributed by atoms with Crippen molar-refractivity contribution in [3.63, 3.8) is 0 Å². The van der Waals surface area contributed by atoms with Crippen molar-refractivity contribution in [1.29, 1.82) is 0 Å². The molecule has 12 heavy (non-hydrogen) atoms. The Morgan fingerprint density at radius 3 is 2.50 bits per heavy atom. The highest BCUT2D eigenvalue weighted by Crippen LogP contribution is 2.20. The zero-order valence-corrected chi connectivity index (χ0v) is 8.81. The molecule has 0 radical (unpaired) electrons. The lowest BCUT2D eigenvalue weighted by molar-refractivity contribution is 0.267. The van der Waals surface area contributed by atoms with Crippen LogP contribution < -0.4 is 5.73 Å².